The lowest BCUT2D eigenvalue weighted by Gasteiger charge is -2.15. The maximum atomic E-state index is 11.5. The summed E-state index contributed by atoms with van der Waals surface area (Å²) in [4.78, 5) is 22.5. The molecule has 10 heteroatoms. The summed E-state index contributed by atoms with van der Waals surface area (Å²) in [6.45, 7) is 5.39. The third kappa shape index (κ3) is 11.0. The highest BCUT2D eigenvalue weighted by atomic mass is 16.5. The van der Waals surface area contributed by atoms with E-state index in [1.54, 1.807) is 0 Å². The first-order valence-electron chi connectivity index (χ1n) is 7.58. The van der Waals surface area contributed by atoms with Crippen molar-refractivity contribution >= 4 is 11.9 Å². The van der Waals surface area contributed by atoms with Crippen LogP contribution in [0.3, 0.4) is 0 Å². The molecule has 0 radical (unpaired) electrons. The summed E-state index contributed by atoms with van der Waals surface area (Å²) < 4.78 is 4.24. The van der Waals surface area contributed by atoms with Crippen LogP contribution >= 0.6 is 0 Å². The number of ether oxygens (including phenoxy) is 1. The van der Waals surface area contributed by atoms with Crippen LogP contribution in [0.15, 0.2) is 0 Å². The summed E-state index contributed by atoms with van der Waals surface area (Å²) in [7, 11) is 1.06. The van der Waals surface area contributed by atoms with Crippen molar-refractivity contribution in [3.8, 4) is 0 Å². The molecule has 0 fully saturated rings. The molecule has 0 aliphatic carbocycles. The van der Waals surface area contributed by atoms with Crippen LogP contribution in [0.2, 0.25) is 0 Å². The first kappa shape index (κ1) is 21.7. The second kappa shape index (κ2) is 14.3. The third-order valence-corrected chi connectivity index (χ3v) is 2.89. The van der Waals surface area contributed by atoms with Crippen LogP contribution in [0.4, 0.5) is 0 Å². The van der Waals surface area contributed by atoms with Crippen LogP contribution in [0.5, 0.6) is 0 Å². The minimum atomic E-state index is -1.88. The molecule has 0 saturated heterocycles. The maximum absolute atomic E-state index is 11.5. The van der Waals surface area contributed by atoms with E-state index >= 15 is 0 Å². The van der Waals surface area contributed by atoms with Gasteiger partial charge in [0.05, 0.1) is 7.11 Å². The van der Waals surface area contributed by atoms with Crippen LogP contribution in [0, 0.1) is 0 Å². The minimum absolute atomic E-state index is 0.266. The predicted octanol–water partition coefficient (Wildman–Crippen LogP) is -4.28. The summed E-state index contributed by atoms with van der Waals surface area (Å²) >= 11 is 0. The summed E-state index contributed by atoms with van der Waals surface area (Å²) in [6, 6.07) is 0. The number of nitrogens with two attached hydrogens (primary N) is 1. The molecule has 8 N–H and O–H groups in total. The number of nitrogens with one attached hydrogen (secondary N) is 4. The normalized spacial score (nSPS) is 13.4. The van der Waals surface area contributed by atoms with E-state index in [2.05, 4.69) is 26.0 Å². The third-order valence-electron chi connectivity index (χ3n) is 2.89. The number of aliphatic hydroxyl groups excluding tert-OH is 2. The van der Waals surface area contributed by atoms with Crippen molar-refractivity contribution in [2.75, 3.05) is 59.5 Å². The Balaban J connectivity index is 3.50. The second-order valence-corrected chi connectivity index (χ2v) is 4.74. The molecular formula is C13H29N5O5. The lowest BCUT2D eigenvalue weighted by Crippen LogP contribution is -2.47. The first-order chi connectivity index (χ1) is 11.0. The van der Waals surface area contributed by atoms with Gasteiger partial charge in [0.2, 0.25) is 0 Å². The molecule has 0 bridgehead atoms. The number of amides is 1. The monoisotopic (exact) mass is 335 g/mol. The standard InChI is InChI=1S/C13H29N5O5/c1-23-13(22)11(20)10(19)12(21)18-9-8-17-7-6-16-5-4-15-3-2-14/h10-11,15-17,19-20H,2-9,14H2,1H3,(H,18,21)/t10-,11-/m1/s1. The van der Waals surface area contributed by atoms with Gasteiger partial charge >= 0.3 is 5.97 Å². The molecule has 0 aliphatic heterocycles. The van der Waals surface area contributed by atoms with Crippen LogP contribution in [0.25, 0.3) is 0 Å². The summed E-state index contributed by atoms with van der Waals surface area (Å²) in [5.74, 6) is -1.88. The zero-order chi connectivity index (χ0) is 17.5. The summed E-state index contributed by atoms with van der Waals surface area (Å²) in [5.41, 5.74) is 5.34. The number of methoxy groups -OCH3 is 1. The van der Waals surface area contributed by atoms with Crippen molar-refractivity contribution in [2.45, 2.75) is 12.2 Å². The van der Waals surface area contributed by atoms with Crippen LogP contribution in [-0.2, 0) is 14.3 Å². The number of rotatable bonds is 14. The SMILES string of the molecule is COC(=O)[C@H](O)[C@@H](O)C(=O)NCCNCCNCCNCCN. The molecule has 0 aromatic carbocycles. The van der Waals surface area contributed by atoms with Crippen molar-refractivity contribution in [1.29, 1.82) is 0 Å². The minimum Gasteiger partial charge on any atom is -0.467 e. The highest BCUT2D eigenvalue weighted by Gasteiger charge is 2.30. The Morgan fingerprint density at radius 3 is 1.87 bits per heavy atom. The Hall–Kier alpha value is -1.30. The van der Waals surface area contributed by atoms with Crippen LogP contribution in [0.1, 0.15) is 0 Å². The molecule has 0 aliphatic rings. The first-order valence-corrected chi connectivity index (χ1v) is 7.58. The van der Waals surface area contributed by atoms with Gasteiger partial charge in [-0.1, -0.05) is 0 Å². The Bertz CT molecular complexity index is 332. The predicted molar refractivity (Wildman–Crippen MR) is 84.7 cm³/mol. The number of carbonyl (C=O) groups is 2. The Kier molecular flexibility index (Phi) is 13.5. The molecule has 10 nitrogen and oxygen atoms in total. The van der Waals surface area contributed by atoms with Crippen molar-refractivity contribution in [2.24, 2.45) is 5.73 Å². The lowest BCUT2D eigenvalue weighted by molar-refractivity contribution is -0.161. The van der Waals surface area contributed by atoms with E-state index in [-0.39, 0.29) is 6.54 Å². The molecule has 2 atom stereocenters. The van der Waals surface area contributed by atoms with E-state index < -0.39 is 24.1 Å². The zero-order valence-corrected chi connectivity index (χ0v) is 13.5. The zero-order valence-electron chi connectivity index (χ0n) is 13.5. The molecule has 0 aromatic heterocycles. The number of carbonyl (C=O) groups excluding carboxylic acids is 2. The molecule has 0 heterocycles. The smallest absolute Gasteiger partial charge is 0.338 e. The molecule has 0 rings (SSSR count). The van der Waals surface area contributed by atoms with E-state index in [1.165, 1.54) is 0 Å². The van der Waals surface area contributed by atoms with E-state index in [1.807, 2.05) is 0 Å². The molecule has 0 spiro atoms. The van der Waals surface area contributed by atoms with Gasteiger partial charge < -0.3 is 42.0 Å². The molecule has 0 unspecified atom stereocenters. The van der Waals surface area contributed by atoms with Crippen LogP contribution in [-0.4, -0.2) is 93.8 Å². The van der Waals surface area contributed by atoms with Gasteiger partial charge in [-0.15, -0.1) is 0 Å². The van der Waals surface area contributed by atoms with E-state index in [4.69, 9.17) is 5.73 Å². The van der Waals surface area contributed by atoms with E-state index in [0.717, 1.165) is 39.8 Å². The second-order valence-electron chi connectivity index (χ2n) is 4.74. The van der Waals surface area contributed by atoms with Gasteiger partial charge in [0.15, 0.2) is 12.2 Å². The average molecular weight is 335 g/mol. The fraction of sp³-hybridized carbons (Fsp3) is 0.846. The molecule has 136 valence electrons. The molecular weight excluding hydrogens is 306 g/mol. The Labute approximate surface area is 136 Å². The van der Waals surface area contributed by atoms with Gasteiger partial charge in [0, 0.05) is 52.4 Å². The highest BCUT2D eigenvalue weighted by molar-refractivity contribution is 5.88. The largest absolute Gasteiger partial charge is 0.467 e. The highest BCUT2D eigenvalue weighted by Crippen LogP contribution is 1.96. The fourth-order valence-electron chi connectivity index (χ4n) is 1.60. The van der Waals surface area contributed by atoms with Crippen molar-refractivity contribution in [1.82, 2.24) is 21.3 Å². The van der Waals surface area contributed by atoms with Crippen molar-refractivity contribution in [3.63, 3.8) is 0 Å². The maximum Gasteiger partial charge on any atom is 0.338 e. The quantitative estimate of drug-likeness (QED) is 0.123. The van der Waals surface area contributed by atoms with Gasteiger partial charge in [-0.3, -0.25) is 4.79 Å². The van der Waals surface area contributed by atoms with Gasteiger partial charge in [0.25, 0.3) is 5.91 Å². The van der Waals surface area contributed by atoms with Gasteiger partial charge in [-0.2, -0.15) is 0 Å². The van der Waals surface area contributed by atoms with Gasteiger partial charge in [-0.25, -0.2) is 4.79 Å². The van der Waals surface area contributed by atoms with E-state index in [0.29, 0.717) is 13.1 Å². The van der Waals surface area contributed by atoms with E-state index in [9.17, 15) is 19.8 Å². The Morgan fingerprint density at radius 2 is 1.39 bits per heavy atom. The van der Waals surface area contributed by atoms with Gasteiger partial charge in [-0.05, 0) is 0 Å². The summed E-state index contributed by atoms with van der Waals surface area (Å²) in [6.07, 6.45) is -3.73. The molecule has 0 aromatic rings. The molecule has 23 heavy (non-hydrogen) atoms. The van der Waals surface area contributed by atoms with Crippen LogP contribution < -0.4 is 27.0 Å². The number of aliphatic hydroxyl groups is 2. The van der Waals surface area contributed by atoms with Crippen molar-refractivity contribution < 1.29 is 24.5 Å². The molecule has 1 amide bonds. The average Bonchev–Trinajstić information content (AvgIpc) is 2.57. The van der Waals surface area contributed by atoms with Gasteiger partial charge in [0.1, 0.15) is 0 Å². The lowest BCUT2D eigenvalue weighted by atomic mass is 10.2. The van der Waals surface area contributed by atoms with Crippen molar-refractivity contribution in [3.05, 3.63) is 0 Å². The number of hydrogen-bond donors (Lipinski definition) is 7. The molecule has 0 saturated carbocycles. The number of esters is 1. The fourth-order valence-corrected chi connectivity index (χ4v) is 1.60. The Morgan fingerprint density at radius 1 is 0.913 bits per heavy atom. The topological polar surface area (TPSA) is 158 Å². The summed E-state index contributed by atoms with van der Waals surface area (Å²) in [5, 5.41) is 30.6. The number of hydrogen-bond acceptors (Lipinski definition) is 9.